The van der Waals surface area contributed by atoms with Gasteiger partial charge in [-0.2, -0.15) is 5.10 Å². The summed E-state index contributed by atoms with van der Waals surface area (Å²) in [6.45, 7) is 5.97. The Morgan fingerprint density at radius 1 is 1.53 bits per heavy atom. The summed E-state index contributed by atoms with van der Waals surface area (Å²) in [6, 6.07) is 0. The Morgan fingerprint density at radius 3 is 2.65 bits per heavy atom. The average molecular weight is 261 g/mol. The summed E-state index contributed by atoms with van der Waals surface area (Å²) in [5, 5.41) is 15.7. The van der Waals surface area contributed by atoms with Crippen LogP contribution in [0.4, 0.5) is 0 Å². The first-order chi connectivity index (χ1) is 7.71. The maximum absolute atomic E-state index is 11.7. The van der Waals surface area contributed by atoms with Gasteiger partial charge in [-0.3, -0.25) is 5.10 Å². The van der Waals surface area contributed by atoms with Gasteiger partial charge in [-0.1, -0.05) is 20.8 Å². The van der Waals surface area contributed by atoms with Crippen molar-refractivity contribution in [2.45, 2.75) is 38.2 Å². The Labute approximate surface area is 101 Å². The molecule has 0 saturated heterocycles. The van der Waals surface area contributed by atoms with Gasteiger partial charge in [-0.05, 0) is 11.8 Å². The third-order valence-corrected chi connectivity index (χ3v) is 3.53. The van der Waals surface area contributed by atoms with Gasteiger partial charge in [-0.25, -0.2) is 13.1 Å². The smallest absolute Gasteiger partial charge is 0.243 e. The van der Waals surface area contributed by atoms with Crippen LogP contribution in [0.5, 0.6) is 0 Å². The van der Waals surface area contributed by atoms with E-state index in [1.54, 1.807) is 0 Å². The van der Waals surface area contributed by atoms with Crippen LogP contribution in [0.2, 0.25) is 0 Å². The summed E-state index contributed by atoms with van der Waals surface area (Å²) in [7, 11) is -3.57. The van der Waals surface area contributed by atoms with Crippen LogP contribution in [0.25, 0.3) is 0 Å². The maximum Gasteiger partial charge on any atom is 0.243 e. The zero-order valence-electron chi connectivity index (χ0n) is 10.3. The maximum atomic E-state index is 11.7. The van der Waals surface area contributed by atoms with Crippen LogP contribution in [0.15, 0.2) is 17.3 Å². The highest BCUT2D eigenvalue weighted by Gasteiger charge is 2.20. The van der Waals surface area contributed by atoms with Gasteiger partial charge in [0.2, 0.25) is 10.0 Å². The number of H-pyrrole nitrogens is 1. The molecule has 0 aliphatic rings. The Morgan fingerprint density at radius 2 is 2.18 bits per heavy atom. The van der Waals surface area contributed by atoms with Crippen LogP contribution in [-0.2, 0) is 10.0 Å². The lowest BCUT2D eigenvalue weighted by molar-refractivity contribution is 0.125. The van der Waals surface area contributed by atoms with E-state index in [0.29, 0.717) is 6.42 Å². The number of aliphatic hydroxyl groups excluding tert-OH is 1. The van der Waals surface area contributed by atoms with E-state index < -0.39 is 16.1 Å². The fourth-order valence-electron chi connectivity index (χ4n) is 1.45. The molecule has 1 unspecified atom stereocenters. The van der Waals surface area contributed by atoms with E-state index in [1.807, 2.05) is 20.8 Å². The number of hydrogen-bond acceptors (Lipinski definition) is 4. The predicted octanol–water partition coefficient (Wildman–Crippen LogP) is 0.485. The monoisotopic (exact) mass is 261 g/mol. The Bertz CT molecular complexity index is 434. The first-order valence-corrected chi connectivity index (χ1v) is 6.85. The molecule has 0 aliphatic heterocycles. The van der Waals surface area contributed by atoms with Crippen molar-refractivity contribution in [3.63, 3.8) is 0 Å². The van der Waals surface area contributed by atoms with Gasteiger partial charge in [0.1, 0.15) is 4.90 Å². The van der Waals surface area contributed by atoms with Crippen LogP contribution >= 0.6 is 0 Å². The molecule has 1 aromatic rings. The van der Waals surface area contributed by atoms with Crippen molar-refractivity contribution in [2.75, 3.05) is 6.54 Å². The zero-order valence-corrected chi connectivity index (χ0v) is 11.1. The molecule has 1 heterocycles. The molecule has 98 valence electrons. The fraction of sp³-hybridized carbons (Fsp3) is 0.700. The van der Waals surface area contributed by atoms with Gasteiger partial charge in [0.25, 0.3) is 0 Å². The molecule has 1 aromatic heterocycles. The number of aliphatic hydroxyl groups is 1. The minimum Gasteiger partial charge on any atom is -0.392 e. The molecular weight excluding hydrogens is 242 g/mol. The van der Waals surface area contributed by atoms with E-state index in [-0.39, 0.29) is 16.9 Å². The van der Waals surface area contributed by atoms with Gasteiger partial charge in [-0.15, -0.1) is 0 Å². The van der Waals surface area contributed by atoms with Crippen molar-refractivity contribution in [1.82, 2.24) is 14.9 Å². The van der Waals surface area contributed by atoms with E-state index in [1.165, 1.54) is 12.4 Å². The molecule has 17 heavy (non-hydrogen) atoms. The second-order valence-corrected chi connectivity index (χ2v) is 6.97. The van der Waals surface area contributed by atoms with Crippen molar-refractivity contribution in [2.24, 2.45) is 5.41 Å². The lowest BCUT2D eigenvalue weighted by Gasteiger charge is -2.22. The van der Waals surface area contributed by atoms with Crippen LogP contribution in [-0.4, -0.2) is 36.4 Å². The lowest BCUT2D eigenvalue weighted by atomic mass is 9.89. The minimum atomic E-state index is -3.57. The van der Waals surface area contributed by atoms with Gasteiger partial charge in [0.05, 0.1) is 12.3 Å². The Kier molecular flexibility index (Phi) is 4.29. The molecule has 0 aliphatic carbocycles. The summed E-state index contributed by atoms with van der Waals surface area (Å²) < 4.78 is 25.7. The molecule has 0 radical (unpaired) electrons. The highest BCUT2D eigenvalue weighted by Crippen LogP contribution is 2.20. The summed E-state index contributed by atoms with van der Waals surface area (Å²) >= 11 is 0. The molecule has 0 amide bonds. The molecule has 0 bridgehead atoms. The number of sulfonamides is 1. The number of nitrogens with one attached hydrogen (secondary N) is 2. The molecule has 0 aromatic carbocycles. The number of aromatic nitrogens is 2. The van der Waals surface area contributed by atoms with E-state index >= 15 is 0 Å². The first kappa shape index (κ1) is 14.1. The fourth-order valence-corrected chi connectivity index (χ4v) is 2.43. The number of rotatable bonds is 5. The molecule has 3 N–H and O–H groups in total. The molecule has 0 spiro atoms. The number of nitrogens with zero attached hydrogens (tertiary/aromatic N) is 1. The topological polar surface area (TPSA) is 95.1 Å². The molecule has 1 atom stereocenters. The van der Waals surface area contributed by atoms with E-state index in [2.05, 4.69) is 14.9 Å². The van der Waals surface area contributed by atoms with Gasteiger partial charge < -0.3 is 5.11 Å². The van der Waals surface area contributed by atoms with Crippen molar-refractivity contribution in [1.29, 1.82) is 0 Å². The summed E-state index contributed by atoms with van der Waals surface area (Å²) in [5.41, 5.74) is -0.0412. The van der Waals surface area contributed by atoms with Crippen molar-refractivity contribution in [3.05, 3.63) is 12.4 Å². The van der Waals surface area contributed by atoms with Crippen LogP contribution in [0.3, 0.4) is 0 Å². The zero-order chi connectivity index (χ0) is 13.1. The van der Waals surface area contributed by atoms with Crippen molar-refractivity contribution >= 4 is 10.0 Å². The predicted molar refractivity (Wildman–Crippen MR) is 63.9 cm³/mol. The van der Waals surface area contributed by atoms with Gasteiger partial charge in [0, 0.05) is 12.7 Å². The molecular formula is C10H19N3O3S. The van der Waals surface area contributed by atoms with Gasteiger partial charge in [0.15, 0.2) is 0 Å². The molecule has 7 heteroatoms. The molecule has 1 rings (SSSR count). The summed E-state index contributed by atoms with van der Waals surface area (Å²) in [6.07, 6.45) is 2.34. The number of aromatic amines is 1. The van der Waals surface area contributed by atoms with Crippen LogP contribution in [0, 0.1) is 5.41 Å². The van der Waals surface area contributed by atoms with Crippen LogP contribution < -0.4 is 4.72 Å². The second kappa shape index (κ2) is 5.16. The second-order valence-electron chi connectivity index (χ2n) is 5.20. The number of hydrogen-bond donors (Lipinski definition) is 3. The molecule has 6 nitrogen and oxygen atoms in total. The van der Waals surface area contributed by atoms with E-state index in [0.717, 1.165) is 0 Å². The van der Waals surface area contributed by atoms with Crippen molar-refractivity contribution < 1.29 is 13.5 Å². The minimum absolute atomic E-state index is 0.00475. The van der Waals surface area contributed by atoms with Crippen molar-refractivity contribution in [3.8, 4) is 0 Å². The third-order valence-electron chi connectivity index (χ3n) is 2.14. The largest absolute Gasteiger partial charge is 0.392 e. The Balaban J connectivity index is 2.51. The quantitative estimate of drug-likeness (QED) is 0.718. The summed E-state index contributed by atoms with van der Waals surface area (Å²) in [4.78, 5) is 0.0699. The first-order valence-electron chi connectivity index (χ1n) is 5.37. The molecule has 0 fully saturated rings. The highest BCUT2D eigenvalue weighted by atomic mass is 32.2. The third kappa shape index (κ3) is 4.84. The highest BCUT2D eigenvalue weighted by molar-refractivity contribution is 7.89. The van der Waals surface area contributed by atoms with E-state index in [9.17, 15) is 13.5 Å². The normalized spacial score (nSPS) is 14.8. The molecule has 0 saturated carbocycles. The van der Waals surface area contributed by atoms with E-state index in [4.69, 9.17) is 0 Å². The average Bonchev–Trinajstić information content (AvgIpc) is 2.65. The Hall–Kier alpha value is -0.920. The van der Waals surface area contributed by atoms with Crippen LogP contribution in [0.1, 0.15) is 27.2 Å². The SMILES string of the molecule is CC(C)(C)CC(O)CNS(=O)(=O)c1cn[nH]c1. The lowest BCUT2D eigenvalue weighted by Crippen LogP contribution is -2.34. The van der Waals surface area contributed by atoms with Gasteiger partial charge >= 0.3 is 0 Å². The summed E-state index contributed by atoms with van der Waals surface area (Å²) in [5.74, 6) is 0. The standard InChI is InChI=1S/C10H19N3O3S/c1-10(2,3)4-8(14)5-13-17(15,16)9-6-11-12-7-9/h6-8,13-14H,4-5H2,1-3H3,(H,11,12).